The van der Waals surface area contributed by atoms with Crippen LogP contribution in [0.15, 0.2) is 36.9 Å². The van der Waals surface area contributed by atoms with Gasteiger partial charge in [-0.25, -0.2) is 0 Å². The Bertz CT molecular complexity index is 318. The van der Waals surface area contributed by atoms with Gasteiger partial charge in [0.1, 0.15) is 18.6 Å². The minimum Gasteiger partial charge on any atom is -0.489 e. The lowest BCUT2D eigenvalue weighted by Gasteiger charge is -2.11. The Hall–Kier alpha value is -1.57. The van der Waals surface area contributed by atoms with Gasteiger partial charge in [0.2, 0.25) is 0 Å². The van der Waals surface area contributed by atoms with Gasteiger partial charge in [-0.15, -0.1) is 0 Å². The lowest BCUT2D eigenvalue weighted by molar-refractivity contribution is -0.108. The molecule has 0 aromatic heterocycles. The first-order chi connectivity index (χ1) is 6.79. The summed E-state index contributed by atoms with van der Waals surface area (Å²) >= 11 is 0. The standard InChI is InChI=1S/C12H14O2/c1-3-8-14-12-7-5-4-6-11(12)10(2)9-13/h3-7,9-10H,1,8H2,2H3. The van der Waals surface area contributed by atoms with Crippen LogP contribution in [0.5, 0.6) is 5.75 Å². The molecule has 0 saturated carbocycles. The molecule has 0 saturated heterocycles. The van der Waals surface area contributed by atoms with Crippen LogP contribution in [0, 0.1) is 0 Å². The number of ether oxygens (including phenoxy) is 1. The van der Waals surface area contributed by atoms with E-state index in [4.69, 9.17) is 4.74 Å². The molecular formula is C12H14O2. The number of benzene rings is 1. The van der Waals surface area contributed by atoms with Crippen molar-refractivity contribution in [1.29, 1.82) is 0 Å². The molecule has 0 N–H and O–H groups in total. The van der Waals surface area contributed by atoms with Gasteiger partial charge >= 0.3 is 0 Å². The van der Waals surface area contributed by atoms with Gasteiger partial charge in [-0.3, -0.25) is 0 Å². The van der Waals surface area contributed by atoms with Gasteiger partial charge < -0.3 is 9.53 Å². The molecule has 74 valence electrons. The van der Waals surface area contributed by atoms with Crippen molar-refractivity contribution < 1.29 is 9.53 Å². The molecule has 2 nitrogen and oxygen atoms in total. The molecule has 2 heteroatoms. The first-order valence-corrected chi connectivity index (χ1v) is 4.57. The summed E-state index contributed by atoms with van der Waals surface area (Å²) in [7, 11) is 0. The van der Waals surface area contributed by atoms with Gasteiger partial charge in [0.25, 0.3) is 0 Å². The molecular weight excluding hydrogens is 176 g/mol. The summed E-state index contributed by atoms with van der Waals surface area (Å²) in [5.41, 5.74) is 0.921. The maximum Gasteiger partial charge on any atom is 0.127 e. The monoisotopic (exact) mass is 190 g/mol. The van der Waals surface area contributed by atoms with Gasteiger partial charge in [-0.05, 0) is 6.07 Å². The third kappa shape index (κ3) is 2.46. The van der Waals surface area contributed by atoms with Crippen LogP contribution in [-0.4, -0.2) is 12.9 Å². The van der Waals surface area contributed by atoms with Crippen LogP contribution in [0.4, 0.5) is 0 Å². The van der Waals surface area contributed by atoms with Crippen LogP contribution in [0.1, 0.15) is 18.4 Å². The van der Waals surface area contributed by atoms with Crippen molar-refractivity contribution in [3.63, 3.8) is 0 Å². The minimum atomic E-state index is -0.129. The van der Waals surface area contributed by atoms with Crippen LogP contribution in [0.3, 0.4) is 0 Å². The molecule has 0 spiro atoms. The minimum absolute atomic E-state index is 0.129. The zero-order chi connectivity index (χ0) is 10.4. The molecule has 0 fully saturated rings. The molecule has 0 aliphatic heterocycles. The summed E-state index contributed by atoms with van der Waals surface area (Å²) in [6.45, 7) is 5.89. The van der Waals surface area contributed by atoms with E-state index >= 15 is 0 Å². The van der Waals surface area contributed by atoms with E-state index in [0.717, 1.165) is 17.6 Å². The Morgan fingerprint density at radius 3 is 2.86 bits per heavy atom. The van der Waals surface area contributed by atoms with Crippen LogP contribution in [0.25, 0.3) is 0 Å². The quantitative estimate of drug-likeness (QED) is 0.527. The zero-order valence-corrected chi connectivity index (χ0v) is 8.27. The number of carbonyl (C=O) groups is 1. The van der Waals surface area contributed by atoms with E-state index in [1.165, 1.54) is 0 Å². The third-order valence-corrected chi connectivity index (χ3v) is 1.97. The van der Waals surface area contributed by atoms with Crippen LogP contribution in [-0.2, 0) is 4.79 Å². The highest BCUT2D eigenvalue weighted by Gasteiger charge is 2.09. The average molecular weight is 190 g/mol. The Kier molecular flexibility index (Phi) is 3.92. The van der Waals surface area contributed by atoms with Gasteiger partial charge in [-0.2, -0.15) is 0 Å². The summed E-state index contributed by atoms with van der Waals surface area (Å²) < 4.78 is 5.43. The second-order valence-electron chi connectivity index (χ2n) is 3.06. The molecule has 1 atom stereocenters. The van der Waals surface area contributed by atoms with Crippen LogP contribution in [0.2, 0.25) is 0 Å². The highest BCUT2D eigenvalue weighted by atomic mass is 16.5. The Labute approximate surface area is 84.2 Å². The van der Waals surface area contributed by atoms with Crippen LogP contribution >= 0.6 is 0 Å². The molecule has 0 aliphatic carbocycles. The largest absolute Gasteiger partial charge is 0.489 e. The van der Waals surface area contributed by atoms with Crippen LogP contribution < -0.4 is 4.74 Å². The molecule has 0 radical (unpaired) electrons. The van der Waals surface area contributed by atoms with Gasteiger partial charge in [0, 0.05) is 11.5 Å². The SMILES string of the molecule is C=CCOc1ccccc1C(C)C=O. The fourth-order valence-electron chi connectivity index (χ4n) is 1.21. The maximum absolute atomic E-state index is 10.7. The Morgan fingerprint density at radius 1 is 1.50 bits per heavy atom. The van der Waals surface area contributed by atoms with E-state index in [0.29, 0.717) is 6.61 Å². The molecule has 1 aromatic carbocycles. The summed E-state index contributed by atoms with van der Waals surface area (Å²) in [4.78, 5) is 10.7. The average Bonchev–Trinajstić information content (AvgIpc) is 2.25. The van der Waals surface area contributed by atoms with E-state index in [-0.39, 0.29) is 5.92 Å². The van der Waals surface area contributed by atoms with Crippen molar-refractivity contribution in [2.24, 2.45) is 0 Å². The van der Waals surface area contributed by atoms with Crippen molar-refractivity contribution in [2.75, 3.05) is 6.61 Å². The molecule has 0 aliphatic rings. The second kappa shape index (κ2) is 5.22. The van der Waals surface area contributed by atoms with E-state index < -0.39 is 0 Å². The second-order valence-corrected chi connectivity index (χ2v) is 3.06. The third-order valence-electron chi connectivity index (χ3n) is 1.97. The number of para-hydroxylation sites is 1. The van der Waals surface area contributed by atoms with Gasteiger partial charge in [-0.1, -0.05) is 37.8 Å². The number of aldehydes is 1. The molecule has 0 amide bonds. The van der Waals surface area contributed by atoms with Crippen molar-refractivity contribution in [3.05, 3.63) is 42.5 Å². The fourth-order valence-corrected chi connectivity index (χ4v) is 1.21. The summed E-state index contributed by atoms with van der Waals surface area (Å²) in [6, 6.07) is 7.55. The topological polar surface area (TPSA) is 26.3 Å². The van der Waals surface area contributed by atoms with Crippen molar-refractivity contribution in [1.82, 2.24) is 0 Å². The molecule has 1 unspecified atom stereocenters. The van der Waals surface area contributed by atoms with Crippen molar-refractivity contribution >= 4 is 6.29 Å². The lowest BCUT2D eigenvalue weighted by Crippen LogP contribution is -2.01. The zero-order valence-electron chi connectivity index (χ0n) is 8.27. The van der Waals surface area contributed by atoms with Crippen molar-refractivity contribution in [3.8, 4) is 5.75 Å². The predicted molar refractivity (Wildman–Crippen MR) is 56.6 cm³/mol. The Morgan fingerprint density at radius 2 is 2.21 bits per heavy atom. The summed E-state index contributed by atoms with van der Waals surface area (Å²) in [5, 5.41) is 0. The van der Waals surface area contributed by atoms with Gasteiger partial charge in [0.15, 0.2) is 0 Å². The molecule has 0 bridgehead atoms. The van der Waals surface area contributed by atoms with E-state index in [1.54, 1.807) is 6.08 Å². The smallest absolute Gasteiger partial charge is 0.127 e. The number of hydrogen-bond donors (Lipinski definition) is 0. The highest BCUT2D eigenvalue weighted by molar-refractivity contribution is 5.63. The number of hydrogen-bond acceptors (Lipinski definition) is 2. The van der Waals surface area contributed by atoms with Gasteiger partial charge in [0.05, 0.1) is 0 Å². The Balaban J connectivity index is 2.90. The van der Waals surface area contributed by atoms with E-state index in [1.807, 2.05) is 31.2 Å². The molecule has 1 rings (SSSR count). The van der Waals surface area contributed by atoms with Crippen molar-refractivity contribution in [2.45, 2.75) is 12.8 Å². The molecule has 0 heterocycles. The predicted octanol–water partition coefficient (Wildman–Crippen LogP) is 2.55. The first-order valence-electron chi connectivity index (χ1n) is 4.57. The first kappa shape index (κ1) is 10.5. The van der Waals surface area contributed by atoms with E-state index in [2.05, 4.69) is 6.58 Å². The molecule has 1 aromatic rings. The maximum atomic E-state index is 10.7. The summed E-state index contributed by atoms with van der Waals surface area (Å²) in [6.07, 6.45) is 2.60. The number of rotatable bonds is 5. The lowest BCUT2D eigenvalue weighted by atomic mass is 10.0. The fraction of sp³-hybridized carbons (Fsp3) is 0.250. The normalized spacial score (nSPS) is 11.8. The highest BCUT2D eigenvalue weighted by Crippen LogP contribution is 2.24. The molecule has 14 heavy (non-hydrogen) atoms. The number of carbonyl (C=O) groups excluding carboxylic acids is 1. The summed E-state index contributed by atoms with van der Waals surface area (Å²) in [5.74, 6) is 0.628. The van der Waals surface area contributed by atoms with E-state index in [9.17, 15) is 4.79 Å².